The van der Waals surface area contributed by atoms with Gasteiger partial charge in [0.05, 0.1) is 17.2 Å². The highest BCUT2D eigenvalue weighted by Gasteiger charge is 2.48. The predicted molar refractivity (Wildman–Crippen MR) is 68.9 cm³/mol. The van der Waals surface area contributed by atoms with E-state index in [9.17, 15) is 14.7 Å². The van der Waals surface area contributed by atoms with Crippen LogP contribution in [0.5, 0.6) is 0 Å². The molecule has 0 aliphatic carbocycles. The van der Waals surface area contributed by atoms with Crippen LogP contribution in [0.15, 0.2) is 16.7 Å². The van der Waals surface area contributed by atoms with Gasteiger partial charge in [0.1, 0.15) is 5.76 Å². The van der Waals surface area contributed by atoms with Crippen LogP contribution in [0.2, 0.25) is 0 Å². The third kappa shape index (κ3) is 2.13. The number of hydrogen-bond acceptors (Lipinski definition) is 3. The Bertz CT molecular complexity index is 505. The monoisotopic (exact) mass is 265 g/mol. The fourth-order valence-corrected chi connectivity index (χ4v) is 2.68. The first-order valence-electron chi connectivity index (χ1n) is 6.45. The molecule has 5 heteroatoms. The average molecular weight is 265 g/mol. The number of likely N-dealkylation sites (tertiary alicyclic amines) is 1. The zero-order valence-corrected chi connectivity index (χ0v) is 11.5. The second kappa shape index (κ2) is 4.72. The maximum atomic E-state index is 12.3. The number of nitrogens with zero attached hydrogens (tertiary/aromatic N) is 1. The number of carboxylic acid groups (broad SMARTS) is 1. The zero-order valence-electron chi connectivity index (χ0n) is 11.5. The van der Waals surface area contributed by atoms with E-state index in [0.717, 1.165) is 0 Å². The van der Waals surface area contributed by atoms with E-state index in [1.54, 1.807) is 17.9 Å². The quantitative estimate of drug-likeness (QED) is 0.909. The first-order chi connectivity index (χ1) is 8.88. The highest BCUT2D eigenvalue weighted by molar-refractivity contribution is 5.95. The number of carbonyl (C=O) groups excluding carboxylic acids is 1. The minimum absolute atomic E-state index is 0.00625. The Kier molecular flexibility index (Phi) is 3.39. The summed E-state index contributed by atoms with van der Waals surface area (Å²) in [5.74, 6) is -0.396. The van der Waals surface area contributed by atoms with E-state index in [-0.39, 0.29) is 18.4 Å². The summed E-state index contributed by atoms with van der Waals surface area (Å²) in [4.78, 5) is 25.5. The topological polar surface area (TPSA) is 70.8 Å². The largest absolute Gasteiger partial charge is 0.481 e. The molecule has 1 fully saturated rings. The lowest BCUT2D eigenvalue weighted by molar-refractivity contribution is -0.150. The Morgan fingerprint density at radius 1 is 1.47 bits per heavy atom. The molecule has 0 bridgehead atoms. The van der Waals surface area contributed by atoms with Crippen LogP contribution in [0.4, 0.5) is 0 Å². The summed E-state index contributed by atoms with van der Waals surface area (Å²) in [6.45, 7) is 6.27. The van der Waals surface area contributed by atoms with Crippen molar-refractivity contribution in [1.82, 2.24) is 4.90 Å². The van der Waals surface area contributed by atoms with E-state index in [0.29, 0.717) is 24.3 Å². The molecule has 0 aromatic carbocycles. The lowest BCUT2D eigenvalue weighted by Gasteiger charge is -2.28. The Morgan fingerprint density at radius 3 is 2.58 bits per heavy atom. The number of amides is 1. The van der Waals surface area contributed by atoms with Crippen LogP contribution in [-0.2, 0) is 4.79 Å². The van der Waals surface area contributed by atoms with Crippen molar-refractivity contribution in [3.05, 3.63) is 23.7 Å². The second-order valence-corrected chi connectivity index (χ2v) is 5.48. The van der Waals surface area contributed by atoms with Crippen molar-refractivity contribution < 1.29 is 19.1 Å². The number of furan rings is 1. The highest BCUT2D eigenvalue weighted by atomic mass is 16.4. The smallest absolute Gasteiger partial charge is 0.311 e. The van der Waals surface area contributed by atoms with Crippen molar-refractivity contribution in [2.45, 2.75) is 27.2 Å². The van der Waals surface area contributed by atoms with Crippen LogP contribution in [0.3, 0.4) is 0 Å². The Balaban J connectivity index is 2.20. The maximum absolute atomic E-state index is 12.3. The number of rotatable bonds is 3. The molecule has 1 aliphatic heterocycles. The van der Waals surface area contributed by atoms with Gasteiger partial charge >= 0.3 is 5.97 Å². The first kappa shape index (κ1) is 13.6. The van der Waals surface area contributed by atoms with Gasteiger partial charge in [-0.15, -0.1) is 0 Å². The van der Waals surface area contributed by atoms with Crippen LogP contribution in [0.1, 0.15) is 36.4 Å². The third-order valence-electron chi connectivity index (χ3n) is 4.21. The molecule has 1 unspecified atom stereocenters. The summed E-state index contributed by atoms with van der Waals surface area (Å²) in [6, 6.07) is 1.63. The van der Waals surface area contributed by atoms with Gasteiger partial charge in [-0.1, -0.05) is 13.8 Å². The van der Waals surface area contributed by atoms with Crippen molar-refractivity contribution in [3.63, 3.8) is 0 Å². The molecule has 1 aromatic rings. The Hall–Kier alpha value is -1.78. The van der Waals surface area contributed by atoms with E-state index in [4.69, 9.17) is 4.42 Å². The van der Waals surface area contributed by atoms with E-state index in [1.807, 2.05) is 13.8 Å². The standard InChI is InChI=1S/C14H19NO4/c1-9(2)14(13(17)18)5-6-15(8-14)12(16)11-4-7-19-10(11)3/h4,7,9H,5-6,8H2,1-3H3,(H,17,18). The molecule has 1 saturated heterocycles. The van der Waals surface area contributed by atoms with Crippen molar-refractivity contribution in [2.75, 3.05) is 13.1 Å². The van der Waals surface area contributed by atoms with E-state index in [2.05, 4.69) is 0 Å². The molecule has 2 heterocycles. The molecule has 0 saturated carbocycles. The van der Waals surface area contributed by atoms with Crippen molar-refractivity contribution >= 4 is 11.9 Å². The highest BCUT2D eigenvalue weighted by Crippen LogP contribution is 2.38. The van der Waals surface area contributed by atoms with Crippen LogP contribution < -0.4 is 0 Å². The Labute approximate surface area is 112 Å². The molecule has 5 nitrogen and oxygen atoms in total. The van der Waals surface area contributed by atoms with Gasteiger partial charge in [0.2, 0.25) is 0 Å². The fourth-order valence-electron chi connectivity index (χ4n) is 2.68. The average Bonchev–Trinajstić information content (AvgIpc) is 2.94. The number of carbonyl (C=O) groups is 2. The number of aryl methyl sites for hydroxylation is 1. The van der Waals surface area contributed by atoms with Gasteiger partial charge < -0.3 is 14.4 Å². The lowest BCUT2D eigenvalue weighted by Crippen LogP contribution is -2.40. The van der Waals surface area contributed by atoms with Gasteiger partial charge in [-0.3, -0.25) is 9.59 Å². The van der Waals surface area contributed by atoms with Gasteiger partial charge in [-0.25, -0.2) is 0 Å². The fraction of sp³-hybridized carbons (Fsp3) is 0.571. The summed E-state index contributed by atoms with van der Waals surface area (Å²) in [5.41, 5.74) is -0.308. The Morgan fingerprint density at radius 2 is 2.16 bits per heavy atom. The molecule has 0 radical (unpaired) electrons. The molecule has 0 spiro atoms. The van der Waals surface area contributed by atoms with Crippen LogP contribution in [0.25, 0.3) is 0 Å². The maximum Gasteiger partial charge on any atom is 0.311 e. The molecule has 2 rings (SSSR count). The SMILES string of the molecule is Cc1occc1C(=O)N1CCC(C(=O)O)(C(C)C)C1. The van der Waals surface area contributed by atoms with Gasteiger partial charge in [-0.2, -0.15) is 0 Å². The van der Waals surface area contributed by atoms with Crippen LogP contribution >= 0.6 is 0 Å². The molecule has 1 N–H and O–H groups in total. The van der Waals surface area contributed by atoms with Crippen LogP contribution in [0, 0.1) is 18.3 Å². The van der Waals surface area contributed by atoms with Gasteiger partial charge in [0.25, 0.3) is 5.91 Å². The summed E-state index contributed by atoms with van der Waals surface area (Å²) in [6.07, 6.45) is 1.98. The van der Waals surface area contributed by atoms with Gasteiger partial charge in [0.15, 0.2) is 0 Å². The summed E-state index contributed by atoms with van der Waals surface area (Å²) >= 11 is 0. The molecular formula is C14H19NO4. The van der Waals surface area contributed by atoms with E-state index >= 15 is 0 Å². The molecule has 19 heavy (non-hydrogen) atoms. The summed E-state index contributed by atoms with van der Waals surface area (Å²) in [5, 5.41) is 9.46. The number of carboxylic acids is 1. The second-order valence-electron chi connectivity index (χ2n) is 5.48. The molecular weight excluding hydrogens is 246 g/mol. The number of aliphatic carboxylic acids is 1. The normalized spacial score (nSPS) is 23.1. The lowest BCUT2D eigenvalue weighted by atomic mass is 9.76. The minimum Gasteiger partial charge on any atom is -0.481 e. The predicted octanol–water partition coefficient (Wildman–Crippen LogP) is 2.16. The molecule has 104 valence electrons. The van der Waals surface area contributed by atoms with Crippen molar-refractivity contribution in [3.8, 4) is 0 Å². The summed E-state index contributed by atoms with van der Waals surface area (Å²) in [7, 11) is 0. The van der Waals surface area contributed by atoms with Gasteiger partial charge in [-0.05, 0) is 25.3 Å². The van der Waals surface area contributed by atoms with Crippen LogP contribution in [-0.4, -0.2) is 35.0 Å². The molecule has 1 aromatic heterocycles. The third-order valence-corrected chi connectivity index (χ3v) is 4.21. The first-order valence-corrected chi connectivity index (χ1v) is 6.45. The summed E-state index contributed by atoms with van der Waals surface area (Å²) < 4.78 is 5.13. The molecule has 1 atom stereocenters. The van der Waals surface area contributed by atoms with Gasteiger partial charge in [0, 0.05) is 13.1 Å². The minimum atomic E-state index is -0.826. The molecule has 1 amide bonds. The number of hydrogen-bond donors (Lipinski definition) is 1. The molecule has 1 aliphatic rings. The van der Waals surface area contributed by atoms with E-state index < -0.39 is 11.4 Å². The van der Waals surface area contributed by atoms with E-state index in [1.165, 1.54) is 6.26 Å². The zero-order chi connectivity index (χ0) is 14.2. The van der Waals surface area contributed by atoms with Crippen molar-refractivity contribution in [1.29, 1.82) is 0 Å². The van der Waals surface area contributed by atoms with Crippen molar-refractivity contribution in [2.24, 2.45) is 11.3 Å².